The fraction of sp³-hybridized carbons (Fsp3) is 0.750. The molecule has 0 spiro atoms. The van der Waals surface area contributed by atoms with Gasteiger partial charge in [0.05, 0.1) is 12.7 Å². The monoisotopic (exact) mass is 416 g/mol. The van der Waals surface area contributed by atoms with Crippen LogP contribution in [0.5, 0.6) is 11.5 Å². The molecule has 1 aromatic rings. The second-order valence-corrected chi connectivity index (χ2v) is 9.72. The van der Waals surface area contributed by atoms with Gasteiger partial charge in [0.25, 0.3) is 0 Å². The van der Waals surface area contributed by atoms with E-state index in [0.717, 1.165) is 68.6 Å². The lowest BCUT2D eigenvalue weighted by molar-refractivity contribution is 0.00187. The predicted molar refractivity (Wildman–Crippen MR) is 115 cm³/mol. The molecule has 1 saturated heterocycles. The number of β-amino-alcohol motifs (C(OH)–C–C–N with tert-alkyl or cyclic N) is 1. The summed E-state index contributed by atoms with van der Waals surface area (Å²) in [5.74, 6) is 4.57. The third kappa shape index (κ3) is 4.93. The van der Waals surface area contributed by atoms with Crippen molar-refractivity contribution in [1.82, 2.24) is 9.80 Å². The molecule has 30 heavy (non-hydrogen) atoms. The van der Waals surface area contributed by atoms with Gasteiger partial charge in [-0.2, -0.15) is 0 Å². The number of nitrogens with zero attached hydrogens (tertiary/aromatic N) is 2. The summed E-state index contributed by atoms with van der Waals surface area (Å²) in [6.45, 7) is 7.28. The average molecular weight is 417 g/mol. The minimum absolute atomic E-state index is 0.324. The average Bonchev–Trinajstić information content (AvgIpc) is 3.49. The first kappa shape index (κ1) is 20.6. The van der Waals surface area contributed by atoms with Gasteiger partial charge in [0.1, 0.15) is 0 Å². The normalized spacial score (nSPS) is 29.6. The highest BCUT2D eigenvalue weighted by molar-refractivity contribution is 5.44. The molecule has 6 heteroatoms. The van der Waals surface area contributed by atoms with E-state index in [9.17, 15) is 5.11 Å². The smallest absolute Gasteiger partial charge is 0.231 e. The summed E-state index contributed by atoms with van der Waals surface area (Å²) in [4.78, 5) is 4.83. The van der Waals surface area contributed by atoms with Crippen LogP contribution in [0.3, 0.4) is 0 Å². The number of hydrogen-bond acceptors (Lipinski definition) is 6. The number of rotatable bonds is 9. The Hall–Kier alpha value is -1.34. The van der Waals surface area contributed by atoms with E-state index in [1.54, 1.807) is 0 Å². The van der Waals surface area contributed by atoms with E-state index in [4.69, 9.17) is 14.2 Å². The lowest BCUT2D eigenvalue weighted by Gasteiger charge is -2.35. The van der Waals surface area contributed by atoms with Crippen molar-refractivity contribution in [3.63, 3.8) is 0 Å². The molecule has 1 N–H and O–H groups in total. The maximum atomic E-state index is 10.4. The summed E-state index contributed by atoms with van der Waals surface area (Å²) < 4.78 is 16.7. The molecule has 1 aromatic carbocycles. The lowest BCUT2D eigenvalue weighted by atomic mass is 9.87. The highest BCUT2D eigenvalue weighted by Gasteiger charge is 2.38. The van der Waals surface area contributed by atoms with E-state index in [0.29, 0.717) is 19.9 Å². The Balaban J connectivity index is 0.960. The second kappa shape index (κ2) is 9.43. The minimum atomic E-state index is -0.384. The molecule has 2 aliphatic heterocycles. The lowest BCUT2D eigenvalue weighted by Crippen LogP contribution is -2.48. The van der Waals surface area contributed by atoms with Gasteiger partial charge in [-0.1, -0.05) is 12.5 Å². The first-order valence-electron chi connectivity index (χ1n) is 11.8. The Kier molecular flexibility index (Phi) is 6.46. The van der Waals surface area contributed by atoms with Gasteiger partial charge >= 0.3 is 0 Å². The van der Waals surface area contributed by atoms with Gasteiger partial charge in [0, 0.05) is 45.9 Å². The summed E-state index contributed by atoms with van der Waals surface area (Å²) in [6.07, 6.45) is 6.60. The van der Waals surface area contributed by atoms with Crippen LogP contribution < -0.4 is 9.47 Å². The van der Waals surface area contributed by atoms with E-state index in [-0.39, 0.29) is 6.10 Å². The number of aliphatic hydroxyl groups excluding tert-OH is 1. The molecular weight excluding hydrogens is 380 g/mol. The van der Waals surface area contributed by atoms with Gasteiger partial charge in [-0.25, -0.2) is 0 Å². The number of aliphatic hydroxyl groups is 1. The van der Waals surface area contributed by atoms with Crippen LogP contribution in [0.25, 0.3) is 0 Å². The van der Waals surface area contributed by atoms with Crippen molar-refractivity contribution in [1.29, 1.82) is 0 Å². The van der Waals surface area contributed by atoms with Crippen LogP contribution in [-0.4, -0.2) is 73.7 Å². The van der Waals surface area contributed by atoms with Crippen LogP contribution in [0.2, 0.25) is 0 Å². The first-order chi connectivity index (χ1) is 14.7. The Morgan fingerprint density at radius 1 is 1.03 bits per heavy atom. The summed E-state index contributed by atoms with van der Waals surface area (Å²) in [6, 6.07) is 6.21. The Labute approximate surface area is 180 Å². The molecule has 2 aliphatic carbocycles. The van der Waals surface area contributed by atoms with Crippen LogP contribution in [0.4, 0.5) is 0 Å². The predicted octanol–water partition coefficient (Wildman–Crippen LogP) is 2.74. The molecule has 4 aliphatic rings. The van der Waals surface area contributed by atoms with Crippen molar-refractivity contribution in [3.8, 4) is 11.5 Å². The number of ether oxygens (including phenoxy) is 3. The molecule has 2 heterocycles. The summed E-state index contributed by atoms with van der Waals surface area (Å²) in [5, 5.41) is 10.4. The van der Waals surface area contributed by atoms with Crippen molar-refractivity contribution >= 4 is 0 Å². The summed E-state index contributed by atoms with van der Waals surface area (Å²) in [5.41, 5.74) is 1.26. The topological polar surface area (TPSA) is 54.4 Å². The van der Waals surface area contributed by atoms with E-state index in [2.05, 4.69) is 21.9 Å². The van der Waals surface area contributed by atoms with Crippen molar-refractivity contribution in [3.05, 3.63) is 23.8 Å². The van der Waals surface area contributed by atoms with E-state index in [1.807, 2.05) is 6.07 Å². The van der Waals surface area contributed by atoms with Crippen molar-refractivity contribution in [2.75, 3.05) is 52.7 Å². The highest BCUT2D eigenvalue weighted by atomic mass is 16.7. The second-order valence-electron chi connectivity index (χ2n) is 9.72. The first-order valence-corrected chi connectivity index (χ1v) is 11.8. The Morgan fingerprint density at radius 2 is 1.87 bits per heavy atom. The van der Waals surface area contributed by atoms with Gasteiger partial charge in [-0.05, 0) is 61.1 Å². The quantitative estimate of drug-likeness (QED) is 0.625. The standard InChI is InChI=1S/C24H36N2O4/c27-22(16-28-10-5-21-12-18-1-3-20(21)11-18)15-26-8-6-25(7-9-26)14-19-2-4-23-24(13-19)30-17-29-23/h2,4,13,18,20-22,27H,1,3,5-12,14-17H2/t18-,20-,21-,22+/m0/s1. The highest BCUT2D eigenvalue weighted by Crippen LogP contribution is 2.49. The maximum absolute atomic E-state index is 10.4. The third-order valence-corrected chi connectivity index (χ3v) is 7.60. The molecule has 4 atom stereocenters. The van der Waals surface area contributed by atoms with Crippen LogP contribution in [-0.2, 0) is 11.3 Å². The summed E-state index contributed by atoms with van der Waals surface area (Å²) in [7, 11) is 0. The fourth-order valence-corrected chi connectivity index (χ4v) is 5.96. The molecule has 2 saturated carbocycles. The van der Waals surface area contributed by atoms with Gasteiger partial charge in [-0.3, -0.25) is 9.80 Å². The number of hydrogen-bond donors (Lipinski definition) is 1. The molecule has 0 radical (unpaired) electrons. The molecule has 5 rings (SSSR count). The number of piperazine rings is 1. The Bertz CT molecular complexity index is 706. The number of benzene rings is 1. The molecule has 0 aromatic heterocycles. The van der Waals surface area contributed by atoms with Gasteiger partial charge in [0.2, 0.25) is 6.79 Å². The van der Waals surface area contributed by atoms with Crippen LogP contribution in [0.1, 0.15) is 37.7 Å². The van der Waals surface area contributed by atoms with E-state index >= 15 is 0 Å². The van der Waals surface area contributed by atoms with Gasteiger partial charge in [-0.15, -0.1) is 0 Å². The van der Waals surface area contributed by atoms with Crippen LogP contribution in [0.15, 0.2) is 18.2 Å². The molecule has 0 amide bonds. The fourth-order valence-electron chi connectivity index (χ4n) is 5.96. The molecule has 0 unspecified atom stereocenters. The van der Waals surface area contributed by atoms with Gasteiger partial charge < -0.3 is 19.3 Å². The minimum Gasteiger partial charge on any atom is -0.454 e. The molecule has 166 valence electrons. The molecule has 3 fully saturated rings. The SMILES string of the molecule is O[C@@H](COCC[C@H]1C[C@H]2CC[C@H]1C2)CN1CCN(Cc2ccc3c(c2)OCO3)CC1. The zero-order valence-electron chi connectivity index (χ0n) is 18.0. The zero-order valence-corrected chi connectivity index (χ0v) is 18.0. The van der Waals surface area contributed by atoms with E-state index < -0.39 is 0 Å². The summed E-state index contributed by atoms with van der Waals surface area (Å²) >= 11 is 0. The van der Waals surface area contributed by atoms with Crippen molar-refractivity contribution < 1.29 is 19.3 Å². The molecular formula is C24H36N2O4. The van der Waals surface area contributed by atoms with Crippen molar-refractivity contribution in [2.24, 2.45) is 17.8 Å². The molecule has 6 nitrogen and oxygen atoms in total. The van der Waals surface area contributed by atoms with Crippen molar-refractivity contribution in [2.45, 2.75) is 44.8 Å². The van der Waals surface area contributed by atoms with E-state index in [1.165, 1.54) is 37.7 Å². The zero-order chi connectivity index (χ0) is 20.3. The maximum Gasteiger partial charge on any atom is 0.231 e. The largest absolute Gasteiger partial charge is 0.454 e. The third-order valence-electron chi connectivity index (χ3n) is 7.60. The van der Waals surface area contributed by atoms with Gasteiger partial charge in [0.15, 0.2) is 11.5 Å². The molecule has 2 bridgehead atoms. The number of fused-ring (bicyclic) bond motifs is 3. The Morgan fingerprint density at radius 3 is 2.67 bits per heavy atom. The van der Waals surface area contributed by atoms with Crippen LogP contribution in [0, 0.1) is 17.8 Å². The van der Waals surface area contributed by atoms with Crippen LogP contribution >= 0.6 is 0 Å².